The van der Waals surface area contributed by atoms with Gasteiger partial charge in [-0.15, -0.1) is 0 Å². The number of carbonyl (C=O) groups excluding carboxylic acids is 1. The third-order valence-corrected chi connectivity index (χ3v) is 7.11. The van der Waals surface area contributed by atoms with Crippen LogP contribution in [0.25, 0.3) is 5.69 Å². The Bertz CT molecular complexity index is 1210. The maximum Gasteiger partial charge on any atom is 0.217 e. The van der Waals surface area contributed by atoms with Gasteiger partial charge in [0.25, 0.3) is 0 Å². The fourth-order valence-electron chi connectivity index (χ4n) is 5.21. The van der Waals surface area contributed by atoms with Gasteiger partial charge in [-0.1, -0.05) is 0 Å². The molecule has 1 aromatic heterocycles. The van der Waals surface area contributed by atoms with Gasteiger partial charge in [-0.3, -0.25) is 4.79 Å². The molecule has 3 aromatic rings. The van der Waals surface area contributed by atoms with Crippen LogP contribution in [0.15, 0.2) is 54.9 Å². The van der Waals surface area contributed by atoms with E-state index in [1.54, 1.807) is 10.9 Å². The lowest BCUT2D eigenvalue weighted by molar-refractivity contribution is -0.120. The Morgan fingerprint density at radius 1 is 1.25 bits per heavy atom. The standard InChI is InChI=1S/C27H30F2N4O3/c1-17(34)32-23(12-18-10-19(28)13-20(29)11-18)25(35)16-30-24-15-27(6-2-7-27)36-26-5-4-21(14-22(24)26)33-9-3-8-31-33/h3-5,8-11,13-14,23-25,30,35H,2,6-7,12,15-16H2,1H3,(H,32,34)/t23-,24-,25+/m0/s1. The van der Waals surface area contributed by atoms with Gasteiger partial charge < -0.3 is 20.5 Å². The molecule has 190 valence electrons. The highest BCUT2D eigenvalue weighted by atomic mass is 19.1. The Morgan fingerprint density at radius 3 is 2.67 bits per heavy atom. The van der Waals surface area contributed by atoms with E-state index in [4.69, 9.17) is 4.74 Å². The Labute approximate surface area is 208 Å². The van der Waals surface area contributed by atoms with E-state index in [0.29, 0.717) is 5.56 Å². The lowest BCUT2D eigenvalue weighted by atomic mass is 9.73. The number of aliphatic hydroxyl groups is 1. The summed E-state index contributed by atoms with van der Waals surface area (Å²) in [6.45, 7) is 1.53. The second-order valence-electron chi connectivity index (χ2n) is 9.83. The van der Waals surface area contributed by atoms with Crippen LogP contribution in [-0.4, -0.2) is 45.1 Å². The van der Waals surface area contributed by atoms with E-state index >= 15 is 0 Å². The average molecular weight is 497 g/mol. The fourth-order valence-corrected chi connectivity index (χ4v) is 5.21. The van der Waals surface area contributed by atoms with Crippen molar-refractivity contribution in [1.82, 2.24) is 20.4 Å². The summed E-state index contributed by atoms with van der Waals surface area (Å²) >= 11 is 0. The quantitative estimate of drug-likeness (QED) is 0.444. The maximum absolute atomic E-state index is 13.7. The second-order valence-corrected chi connectivity index (χ2v) is 9.83. The summed E-state index contributed by atoms with van der Waals surface area (Å²) in [5.41, 5.74) is 2.04. The molecule has 0 bridgehead atoms. The van der Waals surface area contributed by atoms with E-state index in [0.717, 1.165) is 48.8 Å². The maximum atomic E-state index is 13.7. The lowest BCUT2D eigenvalue weighted by Crippen LogP contribution is -2.52. The minimum Gasteiger partial charge on any atom is -0.487 e. The van der Waals surface area contributed by atoms with E-state index in [9.17, 15) is 18.7 Å². The molecule has 0 radical (unpaired) electrons. The number of rotatable bonds is 8. The lowest BCUT2D eigenvalue weighted by Gasteiger charge is -2.48. The highest BCUT2D eigenvalue weighted by Gasteiger charge is 2.45. The van der Waals surface area contributed by atoms with E-state index in [-0.39, 0.29) is 30.5 Å². The number of fused-ring (bicyclic) bond motifs is 1. The van der Waals surface area contributed by atoms with Crippen LogP contribution in [0.2, 0.25) is 0 Å². The Kier molecular flexibility index (Phi) is 6.77. The van der Waals surface area contributed by atoms with Crippen molar-refractivity contribution < 1.29 is 23.4 Å². The number of nitrogens with zero attached hydrogens (tertiary/aromatic N) is 2. The molecule has 5 rings (SSSR count). The molecule has 36 heavy (non-hydrogen) atoms. The van der Waals surface area contributed by atoms with Crippen LogP contribution in [0, 0.1) is 11.6 Å². The number of hydrogen-bond acceptors (Lipinski definition) is 5. The normalized spacial score (nSPS) is 19.6. The number of aromatic nitrogens is 2. The van der Waals surface area contributed by atoms with Crippen molar-refractivity contribution in [3.8, 4) is 11.4 Å². The van der Waals surface area contributed by atoms with E-state index < -0.39 is 23.8 Å². The first-order valence-corrected chi connectivity index (χ1v) is 12.3. The van der Waals surface area contributed by atoms with Crippen molar-refractivity contribution in [1.29, 1.82) is 0 Å². The molecule has 1 amide bonds. The van der Waals surface area contributed by atoms with Crippen LogP contribution in [-0.2, 0) is 11.2 Å². The van der Waals surface area contributed by atoms with Gasteiger partial charge in [0.05, 0.1) is 17.8 Å². The monoisotopic (exact) mass is 496 g/mol. The smallest absolute Gasteiger partial charge is 0.217 e. The first-order valence-electron chi connectivity index (χ1n) is 12.3. The summed E-state index contributed by atoms with van der Waals surface area (Å²) < 4.78 is 35.6. The number of ether oxygens (including phenoxy) is 1. The molecule has 0 saturated heterocycles. The molecule has 3 N–H and O–H groups in total. The van der Waals surface area contributed by atoms with E-state index in [1.807, 2.05) is 30.5 Å². The Morgan fingerprint density at radius 2 is 2.03 bits per heavy atom. The Hall–Kier alpha value is -3.30. The first kappa shape index (κ1) is 24.4. The van der Waals surface area contributed by atoms with Crippen LogP contribution in [0.1, 0.15) is 49.8 Å². The molecule has 7 nitrogen and oxygen atoms in total. The van der Waals surface area contributed by atoms with Crippen molar-refractivity contribution in [2.45, 2.75) is 62.8 Å². The number of nitrogens with one attached hydrogen (secondary N) is 2. The van der Waals surface area contributed by atoms with E-state index in [1.165, 1.54) is 19.1 Å². The van der Waals surface area contributed by atoms with Gasteiger partial charge >= 0.3 is 0 Å². The van der Waals surface area contributed by atoms with Gasteiger partial charge in [-0.2, -0.15) is 5.10 Å². The molecule has 3 atom stereocenters. The van der Waals surface area contributed by atoms with Crippen molar-refractivity contribution in [3.05, 3.63) is 77.6 Å². The number of amides is 1. The summed E-state index contributed by atoms with van der Waals surface area (Å²) in [5.74, 6) is -0.907. The number of benzene rings is 2. The number of halogens is 2. The predicted octanol–water partition coefficient (Wildman–Crippen LogP) is 3.59. The molecule has 2 heterocycles. The minimum atomic E-state index is -0.988. The van der Waals surface area contributed by atoms with Crippen LogP contribution in [0.4, 0.5) is 8.78 Å². The summed E-state index contributed by atoms with van der Waals surface area (Å²) in [6.07, 6.45) is 6.53. The van der Waals surface area contributed by atoms with Crippen molar-refractivity contribution in [3.63, 3.8) is 0 Å². The molecule has 1 fully saturated rings. The number of aliphatic hydroxyl groups excluding tert-OH is 1. The van der Waals surface area contributed by atoms with Gasteiger partial charge in [0.2, 0.25) is 5.91 Å². The molecule has 1 spiro atoms. The van der Waals surface area contributed by atoms with Gasteiger partial charge in [0.15, 0.2) is 0 Å². The summed E-state index contributed by atoms with van der Waals surface area (Å²) in [5, 5.41) is 21.6. The zero-order chi connectivity index (χ0) is 25.3. The molecule has 1 aliphatic carbocycles. The van der Waals surface area contributed by atoms with Crippen molar-refractivity contribution >= 4 is 5.91 Å². The largest absolute Gasteiger partial charge is 0.487 e. The van der Waals surface area contributed by atoms with E-state index in [2.05, 4.69) is 15.7 Å². The Balaban J connectivity index is 1.34. The average Bonchev–Trinajstić information content (AvgIpc) is 3.34. The van der Waals surface area contributed by atoms with Crippen LogP contribution in [0.3, 0.4) is 0 Å². The zero-order valence-corrected chi connectivity index (χ0v) is 20.1. The molecular formula is C27H30F2N4O3. The van der Waals surface area contributed by atoms with Crippen molar-refractivity contribution in [2.24, 2.45) is 0 Å². The van der Waals surface area contributed by atoms with Crippen LogP contribution < -0.4 is 15.4 Å². The summed E-state index contributed by atoms with van der Waals surface area (Å²) in [7, 11) is 0. The molecule has 9 heteroatoms. The summed E-state index contributed by atoms with van der Waals surface area (Å²) in [6, 6.07) is 10.3. The SMILES string of the molecule is CC(=O)N[C@@H](Cc1cc(F)cc(F)c1)[C@H](O)CN[C@H]1CC2(CCC2)Oc2ccc(-n3cccn3)cc21. The number of carbonyl (C=O) groups is 1. The van der Waals surface area contributed by atoms with Crippen LogP contribution in [0.5, 0.6) is 5.75 Å². The molecular weight excluding hydrogens is 466 g/mol. The highest BCUT2D eigenvalue weighted by Crippen LogP contribution is 2.49. The second kappa shape index (κ2) is 9.99. The van der Waals surface area contributed by atoms with Gasteiger partial charge in [0.1, 0.15) is 23.0 Å². The first-order chi connectivity index (χ1) is 17.3. The molecule has 2 aliphatic rings. The molecule has 1 saturated carbocycles. The highest BCUT2D eigenvalue weighted by molar-refractivity contribution is 5.73. The topological polar surface area (TPSA) is 88.4 Å². The van der Waals surface area contributed by atoms with Gasteiger partial charge in [-0.25, -0.2) is 13.5 Å². The minimum absolute atomic E-state index is 0.0798. The molecule has 0 unspecified atom stereocenters. The predicted molar refractivity (Wildman–Crippen MR) is 130 cm³/mol. The number of hydrogen-bond donors (Lipinski definition) is 3. The van der Waals surface area contributed by atoms with Gasteiger partial charge in [0, 0.05) is 50.0 Å². The summed E-state index contributed by atoms with van der Waals surface area (Å²) in [4.78, 5) is 11.8. The third kappa shape index (κ3) is 5.27. The van der Waals surface area contributed by atoms with Gasteiger partial charge in [-0.05, 0) is 67.6 Å². The molecule has 2 aromatic carbocycles. The third-order valence-electron chi connectivity index (χ3n) is 7.11. The molecule has 1 aliphatic heterocycles. The zero-order valence-electron chi connectivity index (χ0n) is 20.1. The fraction of sp³-hybridized carbons (Fsp3) is 0.407. The van der Waals surface area contributed by atoms with Crippen molar-refractivity contribution in [2.75, 3.05) is 6.54 Å². The van der Waals surface area contributed by atoms with Crippen LogP contribution >= 0.6 is 0 Å².